The minimum absolute atomic E-state index is 0.255. The first-order valence-corrected chi connectivity index (χ1v) is 4.35. The number of hydrogen-bond acceptors (Lipinski definition) is 4. The molecule has 78 valence electrons. The van der Waals surface area contributed by atoms with Crippen molar-refractivity contribution in [2.45, 2.75) is 6.42 Å². The summed E-state index contributed by atoms with van der Waals surface area (Å²) in [5, 5.41) is 8.57. The third-order valence-electron chi connectivity index (χ3n) is 1.98. The van der Waals surface area contributed by atoms with Gasteiger partial charge in [-0.15, -0.1) is 0 Å². The van der Waals surface area contributed by atoms with Crippen molar-refractivity contribution in [2.75, 3.05) is 14.2 Å². The molecule has 4 heteroatoms. The normalized spacial score (nSPS) is 9.13. The summed E-state index contributed by atoms with van der Waals surface area (Å²) in [6.45, 7) is 0. The molecule has 0 fully saturated rings. The van der Waals surface area contributed by atoms with Crippen LogP contribution in [-0.2, 0) is 11.2 Å². The molecule has 1 aromatic carbocycles. The Morgan fingerprint density at radius 3 is 2.73 bits per heavy atom. The maximum Gasteiger partial charge on any atom is 0.337 e. The lowest BCUT2D eigenvalue weighted by atomic mass is 10.1. The van der Waals surface area contributed by atoms with Crippen LogP contribution in [0, 0.1) is 11.3 Å². The van der Waals surface area contributed by atoms with E-state index in [0.717, 1.165) is 5.56 Å². The summed E-state index contributed by atoms with van der Waals surface area (Å²) >= 11 is 0. The summed E-state index contributed by atoms with van der Waals surface area (Å²) in [5.41, 5.74) is 1.17. The predicted octanol–water partition coefficient (Wildman–Crippen LogP) is 1.55. The molecule has 0 radical (unpaired) electrons. The molecular formula is C11H11NO3. The number of ether oxygens (including phenoxy) is 2. The van der Waals surface area contributed by atoms with Gasteiger partial charge in [-0.3, -0.25) is 0 Å². The van der Waals surface area contributed by atoms with Crippen LogP contribution < -0.4 is 4.74 Å². The second-order valence-electron chi connectivity index (χ2n) is 2.85. The molecule has 0 bridgehead atoms. The summed E-state index contributed by atoms with van der Waals surface area (Å²) in [5.74, 6) is 0.108. The zero-order chi connectivity index (χ0) is 11.3. The summed E-state index contributed by atoms with van der Waals surface area (Å²) in [7, 11) is 2.81. The minimum Gasteiger partial charge on any atom is -0.496 e. The SMILES string of the molecule is COC(=O)c1ccc(CC#N)c(OC)c1. The van der Waals surface area contributed by atoms with Gasteiger partial charge in [0, 0.05) is 5.56 Å². The highest BCUT2D eigenvalue weighted by molar-refractivity contribution is 5.89. The molecule has 0 heterocycles. The lowest BCUT2D eigenvalue weighted by molar-refractivity contribution is 0.0600. The Morgan fingerprint density at radius 1 is 1.47 bits per heavy atom. The van der Waals surface area contributed by atoms with Crippen LogP contribution in [0.25, 0.3) is 0 Å². The Hall–Kier alpha value is -2.02. The molecule has 1 rings (SSSR count). The van der Waals surface area contributed by atoms with E-state index in [0.29, 0.717) is 11.3 Å². The molecule has 15 heavy (non-hydrogen) atoms. The Morgan fingerprint density at radius 2 is 2.20 bits per heavy atom. The van der Waals surface area contributed by atoms with Crippen molar-refractivity contribution in [3.05, 3.63) is 29.3 Å². The highest BCUT2D eigenvalue weighted by atomic mass is 16.5. The first-order valence-electron chi connectivity index (χ1n) is 4.35. The lowest BCUT2D eigenvalue weighted by Gasteiger charge is -2.07. The molecule has 1 aromatic rings. The first kappa shape index (κ1) is 11.1. The molecule has 0 aliphatic rings. The van der Waals surface area contributed by atoms with Gasteiger partial charge in [-0.2, -0.15) is 5.26 Å². The number of nitrogens with zero attached hydrogens (tertiary/aromatic N) is 1. The van der Waals surface area contributed by atoms with E-state index < -0.39 is 5.97 Å². The highest BCUT2D eigenvalue weighted by Crippen LogP contribution is 2.20. The van der Waals surface area contributed by atoms with Crippen LogP contribution in [0.3, 0.4) is 0 Å². The van der Waals surface area contributed by atoms with Gasteiger partial charge in [-0.05, 0) is 12.1 Å². The van der Waals surface area contributed by atoms with Gasteiger partial charge in [0.1, 0.15) is 5.75 Å². The van der Waals surface area contributed by atoms with Crippen molar-refractivity contribution < 1.29 is 14.3 Å². The molecule has 0 saturated carbocycles. The van der Waals surface area contributed by atoms with Gasteiger partial charge in [0.2, 0.25) is 0 Å². The Labute approximate surface area is 88.0 Å². The molecule has 0 aromatic heterocycles. The topological polar surface area (TPSA) is 59.3 Å². The average molecular weight is 205 g/mol. The molecule has 0 N–H and O–H groups in total. The fourth-order valence-electron chi connectivity index (χ4n) is 1.22. The number of methoxy groups -OCH3 is 2. The minimum atomic E-state index is -0.420. The van der Waals surface area contributed by atoms with Gasteiger partial charge in [-0.1, -0.05) is 6.07 Å². The van der Waals surface area contributed by atoms with E-state index in [2.05, 4.69) is 4.74 Å². The van der Waals surface area contributed by atoms with Crippen LogP contribution in [0.4, 0.5) is 0 Å². The maximum atomic E-state index is 11.2. The van der Waals surface area contributed by atoms with Crippen LogP contribution in [0.2, 0.25) is 0 Å². The van der Waals surface area contributed by atoms with Gasteiger partial charge in [0.05, 0.1) is 32.3 Å². The number of benzene rings is 1. The number of nitriles is 1. The summed E-state index contributed by atoms with van der Waals surface area (Å²) in [6.07, 6.45) is 0.255. The second kappa shape index (κ2) is 5.01. The fraction of sp³-hybridized carbons (Fsp3) is 0.273. The zero-order valence-electron chi connectivity index (χ0n) is 8.61. The van der Waals surface area contributed by atoms with E-state index in [9.17, 15) is 4.79 Å². The smallest absolute Gasteiger partial charge is 0.337 e. The van der Waals surface area contributed by atoms with Crippen molar-refractivity contribution in [2.24, 2.45) is 0 Å². The maximum absolute atomic E-state index is 11.2. The van der Waals surface area contributed by atoms with Crippen LogP contribution in [-0.4, -0.2) is 20.2 Å². The summed E-state index contributed by atoms with van der Waals surface area (Å²) in [6, 6.07) is 6.89. The third kappa shape index (κ3) is 2.47. The fourth-order valence-corrected chi connectivity index (χ4v) is 1.22. The average Bonchev–Trinajstić information content (AvgIpc) is 2.29. The van der Waals surface area contributed by atoms with Crippen LogP contribution in [0.15, 0.2) is 18.2 Å². The molecule has 0 amide bonds. The number of carbonyl (C=O) groups excluding carboxylic acids is 1. The van der Waals surface area contributed by atoms with Crippen LogP contribution >= 0.6 is 0 Å². The lowest BCUT2D eigenvalue weighted by Crippen LogP contribution is -2.02. The molecule has 0 aliphatic heterocycles. The predicted molar refractivity (Wildman–Crippen MR) is 53.7 cm³/mol. The summed E-state index contributed by atoms with van der Waals surface area (Å²) < 4.78 is 9.65. The Balaban J connectivity index is 3.08. The van der Waals surface area contributed by atoms with Crippen molar-refractivity contribution in [3.8, 4) is 11.8 Å². The van der Waals surface area contributed by atoms with Gasteiger partial charge in [0.25, 0.3) is 0 Å². The summed E-state index contributed by atoms with van der Waals surface area (Å²) in [4.78, 5) is 11.2. The van der Waals surface area contributed by atoms with Crippen molar-refractivity contribution in [1.29, 1.82) is 5.26 Å². The second-order valence-corrected chi connectivity index (χ2v) is 2.85. The Bertz CT molecular complexity index is 407. The van der Waals surface area contributed by atoms with E-state index in [1.165, 1.54) is 14.2 Å². The largest absolute Gasteiger partial charge is 0.496 e. The molecule has 0 spiro atoms. The molecule has 0 aliphatic carbocycles. The molecule has 0 atom stereocenters. The monoisotopic (exact) mass is 205 g/mol. The van der Waals surface area contributed by atoms with Gasteiger partial charge in [0.15, 0.2) is 0 Å². The quantitative estimate of drug-likeness (QED) is 0.702. The zero-order valence-corrected chi connectivity index (χ0v) is 8.61. The standard InChI is InChI=1S/C11H11NO3/c1-14-10-7-9(11(13)15-2)4-3-8(10)5-6-12/h3-4,7H,5H2,1-2H3. The van der Waals surface area contributed by atoms with Crippen molar-refractivity contribution in [1.82, 2.24) is 0 Å². The van der Waals surface area contributed by atoms with E-state index in [4.69, 9.17) is 10.00 Å². The van der Waals surface area contributed by atoms with Crippen LogP contribution in [0.5, 0.6) is 5.75 Å². The van der Waals surface area contributed by atoms with Gasteiger partial charge in [-0.25, -0.2) is 4.79 Å². The van der Waals surface area contributed by atoms with Gasteiger partial charge < -0.3 is 9.47 Å². The molecular weight excluding hydrogens is 194 g/mol. The van der Waals surface area contributed by atoms with E-state index >= 15 is 0 Å². The van der Waals surface area contributed by atoms with E-state index in [1.54, 1.807) is 18.2 Å². The highest BCUT2D eigenvalue weighted by Gasteiger charge is 2.09. The molecule has 0 saturated heterocycles. The Kier molecular flexibility index (Phi) is 3.69. The molecule has 4 nitrogen and oxygen atoms in total. The van der Waals surface area contributed by atoms with Gasteiger partial charge >= 0.3 is 5.97 Å². The number of carbonyl (C=O) groups is 1. The first-order chi connectivity index (χ1) is 7.22. The number of esters is 1. The van der Waals surface area contributed by atoms with Crippen molar-refractivity contribution >= 4 is 5.97 Å². The van der Waals surface area contributed by atoms with Crippen LogP contribution in [0.1, 0.15) is 15.9 Å². The van der Waals surface area contributed by atoms with E-state index in [-0.39, 0.29) is 6.42 Å². The molecule has 0 unspecified atom stereocenters. The van der Waals surface area contributed by atoms with E-state index in [1.807, 2.05) is 6.07 Å². The number of rotatable bonds is 3. The third-order valence-corrected chi connectivity index (χ3v) is 1.98. The van der Waals surface area contributed by atoms with Crippen molar-refractivity contribution in [3.63, 3.8) is 0 Å². The number of hydrogen-bond donors (Lipinski definition) is 0.